The van der Waals surface area contributed by atoms with Crippen molar-refractivity contribution in [2.75, 3.05) is 13.2 Å². The van der Waals surface area contributed by atoms with Crippen molar-refractivity contribution in [2.45, 2.75) is 25.0 Å². The van der Waals surface area contributed by atoms with E-state index in [4.69, 9.17) is 15.2 Å². The van der Waals surface area contributed by atoms with Crippen LogP contribution in [0, 0.1) is 0 Å². The monoisotopic (exact) mass is 353 g/mol. The average molecular weight is 353 g/mol. The van der Waals surface area contributed by atoms with Gasteiger partial charge in [-0.3, -0.25) is 9.59 Å². The molecule has 3 heterocycles. The Hall–Kier alpha value is -2.93. The van der Waals surface area contributed by atoms with Gasteiger partial charge >= 0.3 is 0 Å². The fourth-order valence-electron chi connectivity index (χ4n) is 3.45. The zero-order chi connectivity index (χ0) is 18.1. The number of hydrogen-bond acceptors (Lipinski definition) is 5. The van der Waals surface area contributed by atoms with E-state index in [1.807, 2.05) is 12.1 Å². The first-order chi connectivity index (χ1) is 12.6. The smallest absolute Gasteiger partial charge is 0.270 e. The minimum Gasteiger partial charge on any atom is -0.493 e. The molecule has 0 radical (unpaired) electrons. The summed E-state index contributed by atoms with van der Waals surface area (Å²) >= 11 is 0. The Morgan fingerprint density at radius 2 is 2.00 bits per heavy atom. The van der Waals surface area contributed by atoms with E-state index >= 15 is 0 Å². The first-order valence-corrected chi connectivity index (χ1v) is 8.51. The number of fused-ring (bicyclic) bond motifs is 2. The Bertz CT molecular complexity index is 883. The van der Waals surface area contributed by atoms with Gasteiger partial charge in [-0.1, -0.05) is 24.3 Å². The van der Waals surface area contributed by atoms with Crippen molar-refractivity contribution < 1.29 is 19.1 Å². The highest BCUT2D eigenvalue weighted by molar-refractivity contribution is 5.98. The van der Waals surface area contributed by atoms with Gasteiger partial charge in [0.05, 0.1) is 19.8 Å². The lowest BCUT2D eigenvalue weighted by molar-refractivity contribution is -0.125. The summed E-state index contributed by atoms with van der Waals surface area (Å²) in [5.41, 5.74) is 7.05. The van der Waals surface area contributed by atoms with Crippen LogP contribution < -0.4 is 15.8 Å². The first kappa shape index (κ1) is 16.5. The molecule has 0 fully saturated rings. The SMILES string of the molecule is NC(=O)C1(NC(=O)c2ccc3c(n2)CCOC3)CCOc2ccccc21. The van der Waals surface area contributed by atoms with Gasteiger partial charge in [0, 0.05) is 24.1 Å². The van der Waals surface area contributed by atoms with Crippen LogP contribution in [0.5, 0.6) is 5.75 Å². The molecule has 0 bridgehead atoms. The zero-order valence-corrected chi connectivity index (χ0v) is 14.2. The molecule has 2 amide bonds. The Kier molecular flexibility index (Phi) is 4.08. The number of nitrogens with zero attached hydrogens (tertiary/aromatic N) is 1. The van der Waals surface area contributed by atoms with Crippen LogP contribution in [-0.4, -0.2) is 30.0 Å². The van der Waals surface area contributed by atoms with Gasteiger partial charge in [-0.05, 0) is 17.7 Å². The van der Waals surface area contributed by atoms with E-state index in [-0.39, 0.29) is 18.7 Å². The topological polar surface area (TPSA) is 104 Å². The summed E-state index contributed by atoms with van der Waals surface area (Å²) in [4.78, 5) is 29.7. The van der Waals surface area contributed by atoms with Crippen LogP contribution in [0.1, 0.15) is 33.7 Å². The predicted octanol–water partition coefficient (Wildman–Crippen LogP) is 1.05. The van der Waals surface area contributed by atoms with Gasteiger partial charge in [-0.25, -0.2) is 4.98 Å². The van der Waals surface area contributed by atoms with Crippen LogP contribution in [0.25, 0.3) is 0 Å². The number of hydrogen-bond donors (Lipinski definition) is 2. The number of aromatic nitrogens is 1. The quantitative estimate of drug-likeness (QED) is 0.858. The second-order valence-electron chi connectivity index (χ2n) is 6.42. The fourth-order valence-corrected chi connectivity index (χ4v) is 3.45. The Balaban J connectivity index is 1.68. The van der Waals surface area contributed by atoms with Gasteiger partial charge < -0.3 is 20.5 Å². The lowest BCUT2D eigenvalue weighted by Gasteiger charge is -2.36. The van der Waals surface area contributed by atoms with Crippen molar-refractivity contribution in [3.05, 3.63) is 58.9 Å². The first-order valence-electron chi connectivity index (χ1n) is 8.51. The van der Waals surface area contributed by atoms with Gasteiger partial charge in [0.2, 0.25) is 5.91 Å². The van der Waals surface area contributed by atoms with Crippen molar-refractivity contribution in [3.63, 3.8) is 0 Å². The molecular formula is C19H19N3O4. The molecule has 2 aliphatic rings. The third-order valence-corrected chi connectivity index (χ3v) is 4.87. The maximum Gasteiger partial charge on any atom is 0.270 e. The van der Waals surface area contributed by atoms with Gasteiger partial charge in [0.25, 0.3) is 5.91 Å². The van der Waals surface area contributed by atoms with E-state index in [2.05, 4.69) is 10.3 Å². The Morgan fingerprint density at radius 1 is 1.15 bits per heavy atom. The fraction of sp³-hybridized carbons (Fsp3) is 0.316. The molecule has 7 nitrogen and oxygen atoms in total. The molecule has 134 valence electrons. The number of pyridine rings is 1. The van der Waals surface area contributed by atoms with Gasteiger partial charge in [-0.2, -0.15) is 0 Å². The number of carbonyl (C=O) groups excluding carboxylic acids is 2. The van der Waals surface area contributed by atoms with Crippen molar-refractivity contribution in [2.24, 2.45) is 5.73 Å². The summed E-state index contributed by atoms with van der Waals surface area (Å²) in [6.07, 6.45) is 0.929. The molecule has 0 aliphatic carbocycles. The highest BCUT2D eigenvalue weighted by Crippen LogP contribution is 2.37. The molecular weight excluding hydrogens is 334 g/mol. The van der Waals surface area contributed by atoms with E-state index in [9.17, 15) is 9.59 Å². The number of rotatable bonds is 3. The predicted molar refractivity (Wildman–Crippen MR) is 92.5 cm³/mol. The number of benzene rings is 1. The molecule has 3 N–H and O–H groups in total. The minimum atomic E-state index is -1.31. The van der Waals surface area contributed by atoms with Gasteiger partial charge in [-0.15, -0.1) is 0 Å². The number of carbonyl (C=O) groups is 2. The molecule has 7 heteroatoms. The van der Waals surface area contributed by atoms with Crippen molar-refractivity contribution in [1.82, 2.24) is 10.3 Å². The minimum absolute atomic E-state index is 0.259. The molecule has 2 aromatic rings. The summed E-state index contributed by atoms with van der Waals surface area (Å²) in [5.74, 6) is -0.504. The molecule has 0 spiro atoms. The van der Waals surface area contributed by atoms with Crippen molar-refractivity contribution in [3.8, 4) is 5.75 Å². The maximum atomic E-state index is 12.9. The zero-order valence-electron chi connectivity index (χ0n) is 14.2. The second kappa shape index (κ2) is 6.42. The van der Waals surface area contributed by atoms with E-state index < -0.39 is 17.4 Å². The third kappa shape index (κ3) is 2.70. The molecule has 0 saturated heterocycles. The van der Waals surface area contributed by atoms with Crippen molar-refractivity contribution >= 4 is 11.8 Å². The molecule has 1 atom stereocenters. The summed E-state index contributed by atoms with van der Waals surface area (Å²) in [6.45, 7) is 1.37. The van der Waals surface area contributed by atoms with Crippen molar-refractivity contribution in [1.29, 1.82) is 0 Å². The second-order valence-corrected chi connectivity index (χ2v) is 6.42. The summed E-state index contributed by atoms with van der Waals surface area (Å²) in [5, 5.41) is 2.82. The number of nitrogens with one attached hydrogen (secondary N) is 1. The maximum absolute atomic E-state index is 12.9. The largest absolute Gasteiger partial charge is 0.493 e. The number of para-hydroxylation sites is 1. The molecule has 1 aromatic heterocycles. The van der Waals surface area contributed by atoms with Crippen LogP contribution >= 0.6 is 0 Å². The van der Waals surface area contributed by atoms with E-state index in [0.717, 1.165) is 11.3 Å². The van der Waals surface area contributed by atoms with Crippen LogP contribution in [0.15, 0.2) is 36.4 Å². The normalized spacial score (nSPS) is 21.1. The highest BCUT2D eigenvalue weighted by atomic mass is 16.5. The molecule has 2 aliphatic heterocycles. The molecule has 0 saturated carbocycles. The van der Waals surface area contributed by atoms with Crippen LogP contribution in [0.4, 0.5) is 0 Å². The molecule has 4 rings (SSSR count). The molecule has 26 heavy (non-hydrogen) atoms. The Morgan fingerprint density at radius 3 is 2.85 bits per heavy atom. The van der Waals surface area contributed by atoms with Crippen LogP contribution in [0.2, 0.25) is 0 Å². The average Bonchev–Trinajstić information content (AvgIpc) is 2.67. The third-order valence-electron chi connectivity index (χ3n) is 4.87. The Labute approximate surface area is 150 Å². The number of primary amides is 1. The van der Waals surface area contributed by atoms with E-state index in [1.54, 1.807) is 24.3 Å². The summed E-state index contributed by atoms with van der Waals surface area (Å²) < 4.78 is 11.0. The number of amides is 2. The molecule has 1 aromatic carbocycles. The highest BCUT2D eigenvalue weighted by Gasteiger charge is 2.44. The van der Waals surface area contributed by atoms with E-state index in [0.29, 0.717) is 30.9 Å². The lowest BCUT2D eigenvalue weighted by Crippen LogP contribution is -2.57. The summed E-state index contributed by atoms with van der Waals surface area (Å²) in [7, 11) is 0. The lowest BCUT2D eigenvalue weighted by atomic mass is 9.83. The van der Waals surface area contributed by atoms with Crippen LogP contribution in [-0.2, 0) is 28.1 Å². The standard InChI is InChI=1S/C19H19N3O4/c20-18(24)19(8-10-26-16-4-2-1-3-13(16)19)22-17(23)15-6-5-12-11-25-9-7-14(12)21-15/h1-6H,7-11H2,(H2,20,24)(H,22,23). The number of ether oxygens (including phenoxy) is 2. The molecule has 1 unspecified atom stereocenters. The summed E-state index contributed by atoms with van der Waals surface area (Å²) in [6, 6.07) is 10.6. The van der Waals surface area contributed by atoms with E-state index in [1.165, 1.54) is 0 Å². The van der Waals surface area contributed by atoms with Crippen LogP contribution in [0.3, 0.4) is 0 Å². The van der Waals surface area contributed by atoms with Gasteiger partial charge in [0.15, 0.2) is 5.54 Å². The van der Waals surface area contributed by atoms with Gasteiger partial charge in [0.1, 0.15) is 11.4 Å². The number of nitrogens with two attached hydrogens (primary N) is 1.